The van der Waals surface area contributed by atoms with E-state index in [0.29, 0.717) is 17.6 Å². The molecule has 0 atom stereocenters. The van der Waals surface area contributed by atoms with E-state index in [2.05, 4.69) is 19.9 Å². The number of rotatable bonds is 4. The number of carboxylic acid groups (broad SMARTS) is 1. The van der Waals surface area contributed by atoms with Crippen LogP contribution in [0.1, 0.15) is 25.7 Å². The molecule has 4 rings (SSSR count). The Morgan fingerprint density at radius 3 is 2.56 bits per heavy atom. The smallest absolute Gasteiger partial charge is 0.344 e. The topological polar surface area (TPSA) is 138 Å². The van der Waals surface area contributed by atoms with Crippen LogP contribution in [0.3, 0.4) is 0 Å². The SMILES string of the molecule is CC1=NS(=O)(=O)N(C)C=C1C(=O)O.Fc1ccc(-c2noc(CC3CCNCC3)n2)cc1. The highest BCUT2D eigenvalue weighted by Gasteiger charge is 2.24. The van der Waals surface area contributed by atoms with E-state index in [9.17, 15) is 17.6 Å². The predicted molar refractivity (Wildman–Crippen MR) is 115 cm³/mol. The molecule has 2 aromatic rings. The number of aliphatic carboxylic acids is 1. The Morgan fingerprint density at radius 1 is 1.28 bits per heavy atom. The molecule has 0 bridgehead atoms. The molecule has 32 heavy (non-hydrogen) atoms. The van der Waals surface area contributed by atoms with Crippen molar-refractivity contribution in [1.82, 2.24) is 19.8 Å². The van der Waals surface area contributed by atoms with Gasteiger partial charge in [-0.3, -0.25) is 4.31 Å². The summed E-state index contributed by atoms with van der Waals surface area (Å²) in [4.78, 5) is 14.9. The van der Waals surface area contributed by atoms with E-state index >= 15 is 0 Å². The van der Waals surface area contributed by atoms with Crippen LogP contribution >= 0.6 is 0 Å². The highest BCUT2D eigenvalue weighted by Crippen LogP contribution is 2.20. The maximum absolute atomic E-state index is 12.8. The Labute approximate surface area is 185 Å². The first-order valence-corrected chi connectivity index (χ1v) is 11.3. The summed E-state index contributed by atoms with van der Waals surface area (Å²) in [6, 6.07) is 6.12. The Kier molecular flexibility index (Phi) is 7.36. The van der Waals surface area contributed by atoms with Crippen molar-refractivity contribution in [1.29, 1.82) is 0 Å². The van der Waals surface area contributed by atoms with Gasteiger partial charge in [-0.05, 0) is 63.0 Å². The molecular formula is C20H24FN5O5S. The van der Waals surface area contributed by atoms with Crippen molar-refractivity contribution in [2.45, 2.75) is 26.2 Å². The average molecular weight is 466 g/mol. The van der Waals surface area contributed by atoms with E-state index in [1.807, 2.05) is 0 Å². The van der Waals surface area contributed by atoms with Gasteiger partial charge >= 0.3 is 16.2 Å². The highest BCUT2D eigenvalue weighted by molar-refractivity contribution is 7.88. The van der Waals surface area contributed by atoms with Crippen LogP contribution in [-0.2, 0) is 21.4 Å². The third-order valence-electron chi connectivity index (χ3n) is 5.04. The molecule has 3 heterocycles. The summed E-state index contributed by atoms with van der Waals surface area (Å²) in [5.74, 6) is 0.364. The fraction of sp³-hybridized carbons (Fsp3) is 0.400. The first-order chi connectivity index (χ1) is 15.2. The maximum atomic E-state index is 12.8. The van der Waals surface area contributed by atoms with Crippen molar-refractivity contribution >= 4 is 21.9 Å². The van der Waals surface area contributed by atoms with Gasteiger partial charge in [0.15, 0.2) is 0 Å². The quantitative estimate of drug-likeness (QED) is 0.699. The minimum atomic E-state index is -3.70. The molecule has 0 amide bonds. The minimum absolute atomic E-state index is 0.00870. The van der Waals surface area contributed by atoms with Crippen molar-refractivity contribution in [3.63, 3.8) is 0 Å². The molecule has 2 aliphatic heterocycles. The monoisotopic (exact) mass is 465 g/mol. The van der Waals surface area contributed by atoms with Crippen LogP contribution in [0.4, 0.5) is 4.39 Å². The Morgan fingerprint density at radius 2 is 1.94 bits per heavy atom. The second-order valence-corrected chi connectivity index (χ2v) is 9.09. The van der Waals surface area contributed by atoms with Crippen LogP contribution in [0.5, 0.6) is 0 Å². The molecule has 0 aliphatic carbocycles. The summed E-state index contributed by atoms with van der Waals surface area (Å²) >= 11 is 0. The normalized spacial score (nSPS) is 18.3. The summed E-state index contributed by atoms with van der Waals surface area (Å²) in [6.07, 6.45) is 4.15. The number of hydrogen-bond donors (Lipinski definition) is 2. The van der Waals surface area contributed by atoms with Gasteiger partial charge in [0, 0.05) is 25.2 Å². The average Bonchev–Trinajstić information content (AvgIpc) is 3.20. The Balaban J connectivity index is 0.000000195. The molecule has 0 unspecified atom stereocenters. The molecule has 2 N–H and O–H groups in total. The zero-order valence-corrected chi connectivity index (χ0v) is 18.5. The Bertz CT molecular complexity index is 1120. The third kappa shape index (κ3) is 5.98. The largest absolute Gasteiger partial charge is 0.478 e. The molecule has 172 valence electrons. The molecular weight excluding hydrogens is 441 g/mol. The van der Waals surface area contributed by atoms with Crippen LogP contribution in [0.25, 0.3) is 11.4 Å². The van der Waals surface area contributed by atoms with Crippen molar-refractivity contribution in [3.8, 4) is 11.4 Å². The molecule has 1 aromatic heterocycles. The van der Waals surface area contributed by atoms with Crippen molar-refractivity contribution < 1.29 is 27.2 Å². The zero-order valence-electron chi connectivity index (χ0n) is 17.7. The predicted octanol–water partition coefficient (Wildman–Crippen LogP) is 2.02. The molecule has 2 aliphatic rings. The van der Waals surface area contributed by atoms with Crippen LogP contribution in [0, 0.1) is 11.7 Å². The van der Waals surface area contributed by atoms with Gasteiger partial charge in [0.05, 0.1) is 11.3 Å². The first kappa shape index (κ1) is 23.5. The number of carbonyl (C=O) groups is 1. The van der Waals surface area contributed by atoms with Gasteiger partial charge in [-0.25, -0.2) is 9.18 Å². The standard InChI is InChI=1S/C14H16FN3O.C6H8N2O4S/c15-12-3-1-11(2-4-12)14-17-13(19-18-14)9-10-5-7-16-8-6-10;1-4-5(6(9)10)3-8(2)13(11,12)7-4/h1-4,10,16H,5-9H2;3H,1-2H3,(H,9,10). The second kappa shape index (κ2) is 10.0. The van der Waals surface area contributed by atoms with Gasteiger partial charge in [-0.15, -0.1) is 4.40 Å². The summed E-state index contributed by atoms with van der Waals surface area (Å²) in [5, 5.41) is 15.9. The van der Waals surface area contributed by atoms with Crippen LogP contribution in [0.2, 0.25) is 0 Å². The van der Waals surface area contributed by atoms with Gasteiger partial charge in [0.25, 0.3) is 0 Å². The summed E-state index contributed by atoms with van der Waals surface area (Å²) in [6.45, 7) is 3.46. The van der Waals surface area contributed by atoms with Gasteiger partial charge in [0.1, 0.15) is 5.82 Å². The number of nitrogens with one attached hydrogen (secondary N) is 1. The van der Waals surface area contributed by atoms with Gasteiger partial charge in [-0.1, -0.05) is 5.16 Å². The molecule has 0 saturated carbocycles. The lowest BCUT2D eigenvalue weighted by Crippen LogP contribution is -2.28. The lowest BCUT2D eigenvalue weighted by Gasteiger charge is -2.20. The number of carboxylic acids is 1. The summed E-state index contributed by atoms with van der Waals surface area (Å²) < 4.78 is 44.3. The zero-order chi connectivity index (χ0) is 23.3. The third-order valence-corrected chi connectivity index (χ3v) is 6.38. The molecule has 1 fully saturated rings. The minimum Gasteiger partial charge on any atom is -0.478 e. The Hall–Kier alpha value is -3.12. The fourth-order valence-electron chi connectivity index (χ4n) is 3.23. The van der Waals surface area contributed by atoms with Crippen LogP contribution < -0.4 is 5.32 Å². The van der Waals surface area contributed by atoms with Gasteiger partial charge < -0.3 is 14.9 Å². The van der Waals surface area contributed by atoms with Crippen LogP contribution in [0.15, 0.2) is 45.0 Å². The number of piperidine rings is 1. The van der Waals surface area contributed by atoms with E-state index in [0.717, 1.165) is 48.4 Å². The van der Waals surface area contributed by atoms with E-state index < -0.39 is 16.2 Å². The van der Waals surface area contributed by atoms with Crippen molar-refractivity contribution in [2.75, 3.05) is 20.1 Å². The number of hydrogen-bond acceptors (Lipinski definition) is 7. The highest BCUT2D eigenvalue weighted by atomic mass is 32.2. The number of benzene rings is 1. The number of aromatic nitrogens is 2. The van der Waals surface area contributed by atoms with E-state index in [1.165, 1.54) is 26.1 Å². The first-order valence-electron chi connectivity index (χ1n) is 9.95. The second-order valence-electron chi connectivity index (χ2n) is 7.43. The fourth-order valence-corrected chi connectivity index (χ4v) is 4.04. The van der Waals surface area contributed by atoms with E-state index in [4.69, 9.17) is 9.63 Å². The number of halogens is 1. The summed E-state index contributed by atoms with van der Waals surface area (Å²) in [7, 11) is -2.47. The van der Waals surface area contributed by atoms with E-state index in [1.54, 1.807) is 12.1 Å². The summed E-state index contributed by atoms with van der Waals surface area (Å²) in [5.41, 5.74) is 0.657. The van der Waals surface area contributed by atoms with Gasteiger partial charge in [0.2, 0.25) is 11.7 Å². The van der Waals surface area contributed by atoms with Crippen LogP contribution in [-0.4, -0.2) is 59.8 Å². The molecule has 1 saturated heterocycles. The molecule has 1 aromatic carbocycles. The lowest BCUT2D eigenvalue weighted by molar-refractivity contribution is -0.132. The molecule has 0 spiro atoms. The van der Waals surface area contributed by atoms with Crippen molar-refractivity contribution in [2.24, 2.45) is 10.3 Å². The van der Waals surface area contributed by atoms with Crippen molar-refractivity contribution in [3.05, 3.63) is 47.7 Å². The molecule has 0 radical (unpaired) electrons. The number of nitrogens with zero attached hydrogens (tertiary/aromatic N) is 4. The lowest BCUT2D eigenvalue weighted by atomic mass is 9.95. The molecule has 10 nitrogen and oxygen atoms in total. The van der Waals surface area contributed by atoms with Gasteiger partial charge in [-0.2, -0.15) is 13.4 Å². The maximum Gasteiger partial charge on any atom is 0.344 e. The van der Waals surface area contributed by atoms with E-state index in [-0.39, 0.29) is 17.1 Å². The molecule has 12 heteroatoms.